The van der Waals surface area contributed by atoms with Crippen LogP contribution in [0.25, 0.3) is 0 Å². The number of benzene rings is 1. The summed E-state index contributed by atoms with van der Waals surface area (Å²) in [6, 6.07) is 6.95. The molecule has 1 aromatic rings. The van der Waals surface area contributed by atoms with Gasteiger partial charge in [0.1, 0.15) is 5.75 Å². The average molecular weight is 291 g/mol. The highest BCUT2D eigenvalue weighted by Crippen LogP contribution is 2.39. The Balaban J connectivity index is 2.41. The van der Waals surface area contributed by atoms with Crippen LogP contribution < -0.4 is 4.74 Å². The molecule has 1 unspecified atom stereocenters. The summed E-state index contributed by atoms with van der Waals surface area (Å²) in [6.07, 6.45) is 1.72. The van der Waals surface area contributed by atoms with Crippen molar-refractivity contribution in [3.63, 3.8) is 0 Å². The molecule has 0 aliphatic heterocycles. The molecule has 0 saturated heterocycles. The second-order valence-electron chi connectivity index (χ2n) is 5.45. The Bertz CT molecular complexity index is 536. The minimum Gasteiger partial charge on any atom is -0.494 e. The number of carbonyl (C=O) groups is 2. The molecule has 1 aliphatic carbocycles. The van der Waals surface area contributed by atoms with Gasteiger partial charge in [-0.05, 0) is 44.4 Å². The van der Waals surface area contributed by atoms with E-state index in [1.165, 1.54) is 11.8 Å². The maximum absolute atomic E-state index is 12.0. The normalized spacial score (nSPS) is 16.9. The monoisotopic (exact) mass is 291 g/mol. The maximum atomic E-state index is 12.0. The third-order valence-electron chi connectivity index (χ3n) is 3.88. The van der Waals surface area contributed by atoms with E-state index < -0.39 is 11.5 Å². The topological polar surface area (TPSA) is 66.8 Å². The van der Waals surface area contributed by atoms with Crippen LogP contribution in [-0.2, 0) is 15.1 Å². The Morgan fingerprint density at radius 3 is 2.29 bits per heavy atom. The zero-order valence-electron chi connectivity index (χ0n) is 12.6. The largest absolute Gasteiger partial charge is 0.494 e. The molecule has 1 fully saturated rings. The van der Waals surface area contributed by atoms with Crippen molar-refractivity contribution >= 4 is 11.9 Å². The van der Waals surface area contributed by atoms with Crippen molar-refractivity contribution in [2.45, 2.75) is 45.2 Å². The predicted octanol–water partition coefficient (Wildman–Crippen LogP) is 2.40. The van der Waals surface area contributed by atoms with Crippen LogP contribution in [0.3, 0.4) is 0 Å². The molecule has 0 aromatic heterocycles. The van der Waals surface area contributed by atoms with E-state index in [4.69, 9.17) is 4.74 Å². The van der Waals surface area contributed by atoms with Crippen molar-refractivity contribution in [1.82, 2.24) is 4.90 Å². The number of ether oxygens (including phenoxy) is 1. The molecule has 0 radical (unpaired) electrons. The van der Waals surface area contributed by atoms with Gasteiger partial charge in [-0.2, -0.15) is 0 Å². The zero-order valence-corrected chi connectivity index (χ0v) is 12.6. The van der Waals surface area contributed by atoms with Crippen LogP contribution in [0, 0.1) is 0 Å². The molecule has 1 amide bonds. The lowest BCUT2D eigenvalue weighted by atomic mass is 9.89. The summed E-state index contributed by atoms with van der Waals surface area (Å²) < 4.78 is 5.37. The van der Waals surface area contributed by atoms with Crippen LogP contribution in [-0.4, -0.2) is 34.5 Å². The molecule has 0 bridgehead atoms. The van der Waals surface area contributed by atoms with Gasteiger partial charge in [0.05, 0.1) is 6.61 Å². The summed E-state index contributed by atoms with van der Waals surface area (Å²) in [5.41, 5.74) is -0.766. The van der Waals surface area contributed by atoms with Gasteiger partial charge in [-0.25, -0.2) is 4.79 Å². The zero-order chi connectivity index (χ0) is 15.6. The summed E-state index contributed by atoms with van der Waals surface area (Å²) in [6.45, 7) is 5.45. The molecule has 5 nitrogen and oxygen atoms in total. The van der Waals surface area contributed by atoms with E-state index in [9.17, 15) is 14.7 Å². The third-order valence-corrected chi connectivity index (χ3v) is 3.88. The molecule has 1 N–H and O–H groups in total. The van der Waals surface area contributed by atoms with E-state index >= 15 is 0 Å². The Morgan fingerprint density at radius 2 is 1.90 bits per heavy atom. The van der Waals surface area contributed by atoms with Crippen LogP contribution in [0.5, 0.6) is 5.75 Å². The first kappa shape index (κ1) is 15.4. The summed E-state index contributed by atoms with van der Waals surface area (Å²) in [4.78, 5) is 25.3. The number of nitrogens with zero attached hydrogens (tertiary/aromatic N) is 1. The molecule has 0 spiro atoms. The highest BCUT2D eigenvalue weighted by Gasteiger charge is 2.49. The van der Waals surface area contributed by atoms with E-state index in [1.54, 1.807) is 31.2 Å². The highest BCUT2D eigenvalue weighted by atomic mass is 16.5. The Labute approximate surface area is 124 Å². The van der Waals surface area contributed by atoms with Gasteiger partial charge >= 0.3 is 5.97 Å². The van der Waals surface area contributed by atoms with Crippen molar-refractivity contribution in [3.05, 3.63) is 29.8 Å². The number of amides is 1. The van der Waals surface area contributed by atoms with Crippen molar-refractivity contribution < 1.29 is 19.4 Å². The van der Waals surface area contributed by atoms with Gasteiger partial charge in [-0.15, -0.1) is 0 Å². The summed E-state index contributed by atoms with van der Waals surface area (Å²) in [7, 11) is 0. The van der Waals surface area contributed by atoms with Crippen LogP contribution in [0.2, 0.25) is 0 Å². The van der Waals surface area contributed by atoms with Gasteiger partial charge in [-0.3, -0.25) is 4.79 Å². The molecule has 0 heterocycles. The first-order valence-electron chi connectivity index (χ1n) is 7.18. The fourth-order valence-corrected chi connectivity index (χ4v) is 2.68. The standard InChI is InChI=1S/C16H21NO4/c1-4-21-14-9-5-12(6-10-14)16(3,15(19)20)17(11(2)18)13-7-8-13/h5-6,9-10,13H,4,7-8H2,1-3H3,(H,19,20). The Morgan fingerprint density at radius 1 is 1.33 bits per heavy atom. The predicted molar refractivity (Wildman–Crippen MR) is 78.1 cm³/mol. The highest BCUT2D eigenvalue weighted by molar-refractivity contribution is 5.87. The number of carbonyl (C=O) groups excluding carboxylic acids is 1. The number of hydrogen-bond acceptors (Lipinski definition) is 3. The minimum absolute atomic E-state index is 0.0233. The van der Waals surface area contributed by atoms with E-state index in [-0.39, 0.29) is 11.9 Å². The molecule has 21 heavy (non-hydrogen) atoms. The van der Waals surface area contributed by atoms with E-state index in [0.29, 0.717) is 17.9 Å². The van der Waals surface area contributed by atoms with Gasteiger partial charge < -0.3 is 14.7 Å². The van der Waals surface area contributed by atoms with Gasteiger partial charge in [0.25, 0.3) is 0 Å². The average Bonchev–Trinajstić information content (AvgIpc) is 3.23. The Hall–Kier alpha value is -2.04. The van der Waals surface area contributed by atoms with E-state index in [0.717, 1.165) is 12.8 Å². The third kappa shape index (κ3) is 2.86. The first-order chi connectivity index (χ1) is 9.91. The molecule has 114 valence electrons. The van der Waals surface area contributed by atoms with Crippen molar-refractivity contribution in [1.29, 1.82) is 0 Å². The first-order valence-corrected chi connectivity index (χ1v) is 7.18. The maximum Gasteiger partial charge on any atom is 0.334 e. The summed E-state index contributed by atoms with van der Waals surface area (Å²) in [5, 5.41) is 9.73. The van der Waals surface area contributed by atoms with Crippen LogP contribution in [0.15, 0.2) is 24.3 Å². The number of aliphatic carboxylic acids is 1. The fraction of sp³-hybridized carbons (Fsp3) is 0.500. The lowest BCUT2D eigenvalue weighted by molar-refractivity contribution is -0.159. The second kappa shape index (κ2) is 5.76. The summed E-state index contributed by atoms with van der Waals surface area (Å²) in [5.74, 6) is -0.542. The van der Waals surface area contributed by atoms with Crippen molar-refractivity contribution in [3.8, 4) is 5.75 Å². The number of carboxylic acids is 1. The lowest BCUT2D eigenvalue weighted by Gasteiger charge is -2.38. The van der Waals surface area contributed by atoms with E-state index in [2.05, 4.69) is 0 Å². The Kier molecular flexibility index (Phi) is 4.21. The fourth-order valence-electron chi connectivity index (χ4n) is 2.68. The quantitative estimate of drug-likeness (QED) is 0.874. The van der Waals surface area contributed by atoms with Crippen molar-refractivity contribution in [2.75, 3.05) is 6.61 Å². The molecule has 1 aromatic carbocycles. The molecule has 1 saturated carbocycles. The number of hydrogen-bond donors (Lipinski definition) is 1. The van der Waals surface area contributed by atoms with Gasteiger partial charge in [0, 0.05) is 13.0 Å². The SMILES string of the molecule is CCOc1ccc(C(C)(C(=O)O)N(C(C)=O)C2CC2)cc1. The number of rotatable bonds is 6. The molecule has 5 heteroatoms. The molecular formula is C16H21NO4. The molecule has 1 atom stereocenters. The molecule has 2 rings (SSSR count). The minimum atomic E-state index is -1.35. The van der Waals surface area contributed by atoms with Gasteiger partial charge in [-0.1, -0.05) is 12.1 Å². The van der Waals surface area contributed by atoms with Crippen LogP contribution in [0.4, 0.5) is 0 Å². The number of carboxylic acid groups (broad SMARTS) is 1. The molecule has 1 aliphatic rings. The van der Waals surface area contributed by atoms with Gasteiger partial charge in [0.15, 0.2) is 5.54 Å². The molecular weight excluding hydrogens is 270 g/mol. The summed E-state index contributed by atoms with van der Waals surface area (Å²) >= 11 is 0. The second-order valence-corrected chi connectivity index (χ2v) is 5.45. The van der Waals surface area contributed by atoms with E-state index in [1.807, 2.05) is 6.92 Å². The van der Waals surface area contributed by atoms with Crippen LogP contribution >= 0.6 is 0 Å². The van der Waals surface area contributed by atoms with Crippen LogP contribution in [0.1, 0.15) is 39.2 Å². The van der Waals surface area contributed by atoms with Gasteiger partial charge in [0.2, 0.25) is 5.91 Å². The smallest absolute Gasteiger partial charge is 0.334 e. The lowest BCUT2D eigenvalue weighted by Crippen LogP contribution is -2.53. The van der Waals surface area contributed by atoms with Crippen molar-refractivity contribution in [2.24, 2.45) is 0 Å².